The summed E-state index contributed by atoms with van der Waals surface area (Å²) in [5.74, 6) is 3.55. The monoisotopic (exact) mass is 185 g/mol. The average Bonchev–Trinajstić information content (AvgIpc) is 2.53. The van der Waals surface area contributed by atoms with Gasteiger partial charge in [-0.3, -0.25) is 0 Å². The van der Waals surface area contributed by atoms with Crippen LogP contribution in [0.4, 0.5) is 0 Å². The lowest BCUT2D eigenvalue weighted by atomic mass is 10.1. The molecule has 1 atom stereocenters. The molecular weight excluding hydrogens is 166 g/mol. The molecule has 2 heteroatoms. The molecule has 0 amide bonds. The van der Waals surface area contributed by atoms with Gasteiger partial charge < -0.3 is 5.32 Å². The van der Waals surface area contributed by atoms with Gasteiger partial charge in [0.25, 0.3) is 0 Å². The van der Waals surface area contributed by atoms with Crippen LogP contribution in [-0.2, 0) is 0 Å². The molecule has 0 saturated carbocycles. The predicted molar refractivity (Wildman–Crippen MR) is 57.7 cm³/mol. The van der Waals surface area contributed by atoms with E-state index >= 15 is 0 Å². The Morgan fingerprint density at radius 2 is 2.50 bits per heavy atom. The van der Waals surface area contributed by atoms with E-state index in [0.29, 0.717) is 0 Å². The van der Waals surface area contributed by atoms with Crippen LogP contribution in [-0.4, -0.2) is 24.6 Å². The first-order valence-corrected chi connectivity index (χ1v) is 5.94. The van der Waals surface area contributed by atoms with Crippen LogP contribution in [0.5, 0.6) is 0 Å². The van der Waals surface area contributed by atoms with Gasteiger partial charge in [-0.2, -0.15) is 11.8 Å². The first kappa shape index (κ1) is 10.1. The van der Waals surface area contributed by atoms with Gasteiger partial charge >= 0.3 is 0 Å². The molecule has 12 heavy (non-hydrogen) atoms. The molecule has 70 valence electrons. The molecule has 0 aromatic carbocycles. The highest BCUT2D eigenvalue weighted by Crippen LogP contribution is 2.25. The Labute approximate surface area is 80.0 Å². The summed E-state index contributed by atoms with van der Waals surface area (Å²) >= 11 is 2.08. The average molecular weight is 185 g/mol. The molecule has 1 fully saturated rings. The van der Waals surface area contributed by atoms with E-state index in [1.807, 2.05) is 0 Å². The Morgan fingerprint density at radius 1 is 1.67 bits per heavy atom. The van der Waals surface area contributed by atoms with Crippen LogP contribution in [0.3, 0.4) is 0 Å². The maximum Gasteiger partial charge on any atom is 0.0161 e. The molecule has 0 aromatic heterocycles. The van der Waals surface area contributed by atoms with Crippen molar-refractivity contribution >= 4 is 11.8 Å². The van der Waals surface area contributed by atoms with E-state index in [1.165, 1.54) is 23.5 Å². The summed E-state index contributed by atoms with van der Waals surface area (Å²) in [7, 11) is 0. The summed E-state index contributed by atoms with van der Waals surface area (Å²) in [4.78, 5) is 0. The Hall–Kier alpha value is 0.0500. The van der Waals surface area contributed by atoms with Crippen LogP contribution in [0.1, 0.15) is 20.3 Å². The SMILES string of the molecule is CCNCC(C)=CC1CCSC1. The second kappa shape index (κ2) is 5.65. The van der Waals surface area contributed by atoms with Crippen molar-refractivity contribution in [2.24, 2.45) is 5.92 Å². The molecule has 1 heterocycles. The van der Waals surface area contributed by atoms with Crippen molar-refractivity contribution in [2.75, 3.05) is 24.6 Å². The Balaban J connectivity index is 2.23. The van der Waals surface area contributed by atoms with Gasteiger partial charge in [0.15, 0.2) is 0 Å². The van der Waals surface area contributed by atoms with Crippen molar-refractivity contribution in [2.45, 2.75) is 20.3 Å². The van der Waals surface area contributed by atoms with Crippen LogP contribution in [0, 0.1) is 5.92 Å². The Bertz CT molecular complexity index is 148. The molecule has 0 aliphatic carbocycles. The summed E-state index contributed by atoms with van der Waals surface area (Å²) < 4.78 is 0. The molecule has 0 bridgehead atoms. The predicted octanol–water partition coefficient (Wildman–Crippen LogP) is 2.30. The summed E-state index contributed by atoms with van der Waals surface area (Å²) in [6.45, 7) is 6.52. The summed E-state index contributed by atoms with van der Waals surface area (Å²) in [5.41, 5.74) is 1.50. The second-order valence-corrected chi connectivity index (χ2v) is 4.57. The molecule has 1 aliphatic rings. The van der Waals surface area contributed by atoms with Crippen LogP contribution in [0.15, 0.2) is 11.6 Å². The highest BCUT2D eigenvalue weighted by molar-refractivity contribution is 7.99. The number of nitrogens with one attached hydrogen (secondary N) is 1. The zero-order valence-corrected chi connectivity index (χ0v) is 8.91. The number of likely N-dealkylation sites (N-methyl/N-ethyl adjacent to an activating group) is 1. The van der Waals surface area contributed by atoms with Crippen molar-refractivity contribution in [3.05, 3.63) is 11.6 Å². The van der Waals surface area contributed by atoms with Crippen molar-refractivity contribution in [3.63, 3.8) is 0 Å². The molecule has 0 radical (unpaired) electrons. The van der Waals surface area contributed by atoms with Crippen molar-refractivity contribution in [1.82, 2.24) is 5.32 Å². The van der Waals surface area contributed by atoms with Crippen LogP contribution in [0.25, 0.3) is 0 Å². The molecule has 1 nitrogen and oxygen atoms in total. The second-order valence-electron chi connectivity index (χ2n) is 3.42. The van der Waals surface area contributed by atoms with E-state index in [9.17, 15) is 0 Å². The van der Waals surface area contributed by atoms with Gasteiger partial charge in [-0.25, -0.2) is 0 Å². The van der Waals surface area contributed by atoms with E-state index in [1.54, 1.807) is 0 Å². The van der Waals surface area contributed by atoms with Crippen LogP contribution < -0.4 is 5.32 Å². The largest absolute Gasteiger partial charge is 0.313 e. The van der Waals surface area contributed by atoms with Gasteiger partial charge in [0, 0.05) is 6.54 Å². The fourth-order valence-corrected chi connectivity index (χ4v) is 2.67. The lowest BCUT2D eigenvalue weighted by Gasteiger charge is -2.05. The summed E-state index contributed by atoms with van der Waals surface area (Å²) in [6, 6.07) is 0. The molecule has 1 saturated heterocycles. The van der Waals surface area contributed by atoms with Crippen LogP contribution >= 0.6 is 11.8 Å². The minimum absolute atomic E-state index is 0.855. The fourth-order valence-electron chi connectivity index (χ4n) is 1.47. The Kier molecular flexibility index (Phi) is 4.77. The van der Waals surface area contributed by atoms with Gasteiger partial charge in [-0.1, -0.05) is 18.6 Å². The number of hydrogen-bond donors (Lipinski definition) is 1. The van der Waals surface area contributed by atoms with E-state index in [4.69, 9.17) is 0 Å². The topological polar surface area (TPSA) is 12.0 Å². The molecule has 0 spiro atoms. The normalized spacial score (nSPS) is 24.8. The maximum absolute atomic E-state index is 3.35. The third kappa shape index (κ3) is 3.63. The minimum atomic E-state index is 0.855. The van der Waals surface area contributed by atoms with Gasteiger partial charge in [0.05, 0.1) is 0 Å². The van der Waals surface area contributed by atoms with Gasteiger partial charge in [-0.15, -0.1) is 0 Å². The fraction of sp³-hybridized carbons (Fsp3) is 0.800. The third-order valence-corrected chi connectivity index (χ3v) is 3.33. The summed E-state index contributed by atoms with van der Waals surface area (Å²) in [6.07, 6.45) is 3.83. The standard InChI is InChI=1S/C10H19NS/c1-3-11-7-9(2)6-10-4-5-12-8-10/h6,10-11H,3-5,7-8H2,1-2H3. The van der Waals surface area contributed by atoms with E-state index < -0.39 is 0 Å². The first-order chi connectivity index (χ1) is 5.83. The van der Waals surface area contributed by atoms with E-state index in [2.05, 4.69) is 37.0 Å². The van der Waals surface area contributed by atoms with Crippen molar-refractivity contribution < 1.29 is 0 Å². The highest BCUT2D eigenvalue weighted by Gasteiger charge is 2.12. The maximum atomic E-state index is 3.35. The quantitative estimate of drug-likeness (QED) is 0.674. The van der Waals surface area contributed by atoms with E-state index in [-0.39, 0.29) is 0 Å². The zero-order valence-electron chi connectivity index (χ0n) is 8.10. The molecule has 1 rings (SSSR count). The van der Waals surface area contributed by atoms with E-state index in [0.717, 1.165) is 19.0 Å². The van der Waals surface area contributed by atoms with Crippen LogP contribution in [0.2, 0.25) is 0 Å². The van der Waals surface area contributed by atoms with Gasteiger partial charge in [0.2, 0.25) is 0 Å². The number of hydrogen-bond acceptors (Lipinski definition) is 2. The lowest BCUT2D eigenvalue weighted by Crippen LogP contribution is -2.15. The smallest absolute Gasteiger partial charge is 0.0161 e. The number of rotatable bonds is 4. The molecule has 0 aromatic rings. The zero-order chi connectivity index (χ0) is 8.81. The molecular formula is C10H19NS. The highest BCUT2D eigenvalue weighted by atomic mass is 32.2. The first-order valence-electron chi connectivity index (χ1n) is 4.78. The molecule has 1 unspecified atom stereocenters. The van der Waals surface area contributed by atoms with Crippen molar-refractivity contribution in [3.8, 4) is 0 Å². The van der Waals surface area contributed by atoms with Gasteiger partial charge in [-0.05, 0) is 37.3 Å². The molecule has 1 N–H and O–H groups in total. The third-order valence-electron chi connectivity index (χ3n) is 2.14. The Morgan fingerprint density at radius 3 is 3.08 bits per heavy atom. The molecule has 1 aliphatic heterocycles. The lowest BCUT2D eigenvalue weighted by molar-refractivity contribution is 0.719. The number of thioether (sulfide) groups is 1. The van der Waals surface area contributed by atoms with Gasteiger partial charge in [0.1, 0.15) is 0 Å². The number of allylic oxidation sites excluding steroid dienone is 1. The minimum Gasteiger partial charge on any atom is -0.313 e. The van der Waals surface area contributed by atoms with Crippen molar-refractivity contribution in [1.29, 1.82) is 0 Å². The summed E-state index contributed by atoms with van der Waals surface area (Å²) in [5, 5.41) is 3.35.